The number of hydrogen-bond acceptors (Lipinski definition) is 3. The summed E-state index contributed by atoms with van der Waals surface area (Å²) in [7, 11) is 0. The van der Waals surface area contributed by atoms with Gasteiger partial charge in [-0.2, -0.15) is 0 Å². The lowest BCUT2D eigenvalue weighted by molar-refractivity contribution is 0.0703. The normalized spacial score (nSPS) is 11.1. The zero-order valence-electron chi connectivity index (χ0n) is 10.9. The molecule has 0 saturated carbocycles. The molecule has 2 rings (SSSR count). The third-order valence-electron chi connectivity index (χ3n) is 2.94. The van der Waals surface area contributed by atoms with E-state index in [1.54, 1.807) is 12.1 Å². The van der Waals surface area contributed by atoms with Crippen molar-refractivity contribution in [2.75, 3.05) is 5.73 Å². The zero-order chi connectivity index (χ0) is 15.0. The first kappa shape index (κ1) is 15.0. The van der Waals surface area contributed by atoms with Crippen LogP contribution in [0.25, 0.3) is 10.4 Å². The molecule has 3 N–H and O–H groups in total. The first-order valence-corrected chi connectivity index (χ1v) is 7.55. The molecule has 3 nitrogen and oxygen atoms in total. The fourth-order valence-electron chi connectivity index (χ4n) is 2.09. The molecule has 1 aromatic carbocycles. The summed E-state index contributed by atoms with van der Waals surface area (Å²) in [5, 5.41) is 9.20. The van der Waals surface area contributed by atoms with E-state index in [9.17, 15) is 14.3 Å². The highest BCUT2D eigenvalue weighted by molar-refractivity contribution is 9.10. The molecule has 0 bridgehead atoms. The van der Waals surface area contributed by atoms with Gasteiger partial charge in [0.05, 0.1) is 5.69 Å². The van der Waals surface area contributed by atoms with Crippen molar-refractivity contribution in [2.24, 2.45) is 0 Å². The monoisotopic (exact) mass is 357 g/mol. The molecule has 0 amide bonds. The van der Waals surface area contributed by atoms with Gasteiger partial charge in [-0.15, -0.1) is 11.3 Å². The molecule has 0 saturated heterocycles. The maximum absolute atomic E-state index is 14.1. The van der Waals surface area contributed by atoms with Crippen LogP contribution in [0.5, 0.6) is 0 Å². The van der Waals surface area contributed by atoms with E-state index in [4.69, 9.17) is 5.73 Å². The number of hydrogen-bond donors (Lipinski definition) is 2. The number of carboxylic acid groups (broad SMARTS) is 1. The summed E-state index contributed by atoms with van der Waals surface area (Å²) in [6.45, 7) is 3.81. The van der Waals surface area contributed by atoms with Crippen molar-refractivity contribution in [3.8, 4) is 10.4 Å². The summed E-state index contributed by atoms with van der Waals surface area (Å²) < 4.78 is 14.7. The number of carbonyl (C=O) groups is 1. The zero-order valence-corrected chi connectivity index (χ0v) is 13.3. The number of aromatic carboxylic acids is 1. The van der Waals surface area contributed by atoms with Gasteiger partial charge in [0, 0.05) is 14.9 Å². The molecular weight excluding hydrogens is 345 g/mol. The minimum absolute atomic E-state index is 0.000793. The average molecular weight is 358 g/mol. The molecule has 2 aromatic rings. The first-order chi connectivity index (χ1) is 9.34. The first-order valence-electron chi connectivity index (χ1n) is 5.94. The second-order valence-corrected chi connectivity index (χ2v) is 6.52. The number of benzene rings is 1. The van der Waals surface area contributed by atoms with E-state index in [2.05, 4.69) is 15.9 Å². The summed E-state index contributed by atoms with van der Waals surface area (Å²) in [5.41, 5.74) is 7.20. The third-order valence-corrected chi connectivity index (χ3v) is 4.83. The van der Waals surface area contributed by atoms with Gasteiger partial charge in [-0.1, -0.05) is 35.8 Å². The van der Waals surface area contributed by atoms with Crippen LogP contribution in [0.2, 0.25) is 0 Å². The molecule has 0 spiro atoms. The Kier molecular flexibility index (Phi) is 4.15. The van der Waals surface area contributed by atoms with E-state index in [0.717, 1.165) is 11.3 Å². The summed E-state index contributed by atoms with van der Waals surface area (Å²) in [4.78, 5) is 11.9. The van der Waals surface area contributed by atoms with Gasteiger partial charge in [-0.25, -0.2) is 9.18 Å². The molecular formula is C14H13BrFNO2S. The van der Waals surface area contributed by atoms with Crippen molar-refractivity contribution in [1.29, 1.82) is 0 Å². The fourth-order valence-corrected chi connectivity index (χ4v) is 4.04. The van der Waals surface area contributed by atoms with Crippen LogP contribution in [0, 0.1) is 5.82 Å². The maximum atomic E-state index is 14.1. The second-order valence-electron chi connectivity index (χ2n) is 4.64. The van der Waals surface area contributed by atoms with E-state index >= 15 is 0 Å². The number of nitrogens with two attached hydrogens (primary N) is 1. The van der Waals surface area contributed by atoms with Crippen molar-refractivity contribution in [3.63, 3.8) is 0 Å². The number of thiophene rings is 1. The summed E-state index contributed by atoms with van der Waals surface area (Å²) >= 11 is 4.33. The van der Waals surface area contributed by atoms with E-state index in [1.807, 2.05) is 13.8 Å². The van der Waals surface area contributed by atoms with Gasteiger partial charge >= 0.3 is 5.97 Å². The molecule has 0 fully saturated rings. The predicted octanol–water partition coefficient (Wildman–Crippen LogP) is 4.72. The Labute approximate surface area is 128 Å². The number of rotatable bonds is 3. The van der Waals surface area contributed by atoms with E-state index in [0.29, 0.717) is 20.5 Å². The number of halogens is 2. The third kappa shape index (κ3) is 2.45. The standard InChI is InChI=1S/C14H13BrFNO2S/c1-6(2)9-11(17)13(14(18)19)20-12(9)10-7(15)4-3-5-8(10)16/h3-6H,17H2,1-2H3,(H,18,19). The molecule has 20 heavy (non-hydrogen) atoms. The van der Waals surface area contributed by atoms with Gasteiger partial charge in [0.2, 0.25) is 0 Å². The Hall–Kier alpha value is -1.40. The highest BCUT2D eigenvalue weighted by Crippen LogP contribution is 2.45. The number of nitrogen functional groups attached to an aromatic ring is 1. The van der Waals surface area contributed by atoms with Crippen LogP contribution in [-0.4, -0.2) is 11.1 Å². The predicted molar refractivity (Wildman–Crippen MR) is 82.9 cm³/mol. The smallest absolute Gasteiger partial charge is 0.348 e. The Morgan fingerprint density at radius 2 is 2.10 bits per heavy atom. The molecule has 1 aromatic heterocycles. The van der Waals surface area contributed by atoms with Crippen LogP contribution < -0.4 is 5.73 Å². The van der Waals surface area contributed by atoms with Crippen LogP contribution in [0.15, 0.2) is 22.7 Å². The minimum Gasteiger partial charge on any atom is -0.477 e. The topological polar surface area (TPSA) is 63.3 Å². The highest BCUT2D eigenvalue weighted by Gasteiger charge is 2.25. The van der Waals surface area contributed by atoms with Gasteiger partial charge in [0.15, 0.2) is 0 Å². The summed E-state index contributed by atoms with van der Waals surface area (Å²) in [6, 6.07) is 4.66. The molecule has 0 atom stereocenters. The highest BCUT2D eigenvalue weighted by atomic mass is 79.9. The molecule has 0 radical (unpaired) electrons. The van der Waals surface area contributed by atoms with Crippen molar-refractivity contribution in [3.05, 3.63) is 38.9 Å². The van der Waals surface area contributed by atoms with Gasteiger partial charge in [-0.05, 0) is 23.6 Å². The van der Waals surface area contributed by atoms with Gasteiger partial charge in [0.25, 0.3) is 0 Å². The lowest BCUT2D eigenvalue weighted by Gasteiger charge is -2.11. The molecule has 1 heterocycles. The lowest BCUT2D eigenvalue weighted by atomic mass is 9.98. The van der Waals surface area contributed by atoms with E-state index < -0.39 is 11.8 Å². The summed E-state index contributed by atoms with van der Waals surface area (Å²) in [6.07, 6.45) is 0. The Balaban J connectivity index is 2.80. The molecule has 0 aliphatic carbocycles. The Bertz CT molecular complexity index is 662. The largest absolute Gasteiger partial charge is 0.477 e. The maximum Gasteiger partial charge on any atom is 0.348 e. The molecule has 6 heteroatoms. The van der Waals surface area contributed by atoms with Gasteiger partial charge in [-0.3, -0.25) is 0 Å². The molecule has 106 valence electrons. The summed E-state index contributed by atoms with van der Waals surface area (Å²) in [5.74, 6) is -1.49. The van der Waals surface area contributed by atoms with Gasteiger partial charge < -0.3 is 10.8 Å². The molecule has 0 aliphatic heterocycles. The minimum atomic E-state index is -1.09. The molecule has 0 aliphatic rings. The van der Waals surface area contributed by atoms with Crippen molar-refractivity contribution in [2.45, 2.75) is 19.8 Å². The fraction of sp³-hybridized carbons (Fsp3) is 0.214. The number of anilines is 1. The molecule has 0 unspecified atom stereocenters. The Morgan fingerprint density at radius 1 is 1.45 bits per heavy atom. The Morgan fingerprint density at radius 3 is 2.60 bits per heavy atom. The lowest BCUT2D eigenvalue weighted by Crippen LogP contribution is -2.01. The second kappa shape index (κ2) is 5.54. The van der Waals surface area contributed by atoms with Crippen molar-refractivity contribution < 1.29 is 14.3 Å². The van der Waals surface area contributed by atoms with E-state index in [1.165, 1.54) is 6.07 Å². The van der Waals surface area contributed by atoms with Crippen molar-refractivity contribution in [1.82, 2.24) is 0 Å². The van der Waals surface area contributed by atoms with Gasteiger partial charge in [0.1, 0.15) is 10.7 Å². The average Bonchev–Trinajstić information content (AvgIpc) is 2.66. The van der Waals surface area contributed by atoms with Crippen LogP contribution in [-0.2, 0) is 0 Å². The number of carboxylic acids is 1. The van der Waals surface area contributed by atoms with Crippen LogP contribution in [0.4, 0.5) is 10.1 Å². The SMILES string of the molecule is CC(C)c1c(-c2c(F)cccc2Br)sc(C(=O)O)c1N. The van der Waals surface area contributed by atoms with Crippen LogP contribution in [0.1, 0.15) is 35.0 Å². The quantitative estimate of drug-likeness (QED) is 0.835. The van der Waals surface area contributed by atoms with Crippen LogP contribution >= 0.6 is 27.3 Å². The van der Waals surface area contributed by atoms with Crippen LogP contribution in [0.3, 0.4) is 0 Å². The van der Waals surface area contributed by atoms with Crippen molar-refractivity contribution >= 4 is 38.9 Å². The van der Waals surface area contributed by atoms with E-state index in [-0.39, 0.29) is 16.5 Å².